The second-order valence-electron chi connectivity index (χ2n) is 3.97. The molecule has 0 spiro atoms. The first-order valence-corrected chi connectivity index (χ1v) is 5.48. The zero-order valence-electron chi connectivity index (χ0n) is 8.44. The molecule has 5 nitrogen and oxygen atoms in total. The highest BCUT2D eigenvalue weighted by molar-refractivity contribution is 7.86. The van der Waals surface area contributed by atoms with Gasteiger partial charge in [-0.05, 0) is 11.5 Å². The molecule has 2 N–H and O–H groups in total. The second-order valence-corrected chi connectivity index (χ2v) is 5.48. The minimum absolute atomic E-state index is 0. The van der Waals surface area contributed by atoms with Crippen LogP contribution in [0.4, 0.5) is 0 Å². The third-order valence-electron chi connectivity index (χ3n) is 1.54. The molecule has 7 heteroatoms. The van der Waals surface area contributed by atoms with Gasteiger partial charge in [-0.15, -0.1) is 0 Å². The average molecular weight is 248 g/mol. The van der Waals surface area contributed by atoms with Crippen LogP contribution in [0, 0.1) is 5.41 Å². The molecule has 0 saturated carbocycles. The molecule has 1 unspecified atom stereocenters. The highest BCUT2D eigenvalue weighted by Crippen LogP contribution is 2.22. The predicted octanol–water partition coefficient (Wildman–Crippen LogP) is -0.368. The maximum Gasteiger partial charge on any atom is 0.316 e. The normalized spacial score (nSPS) is 13.6. The van der Waals surface area contributed by atoms with Crippen molar-refractivity contribution in [1.82, 2.24) is 5.32 Å². The van der Waals surface area contributed by atoms with Gasteiger partial charge in [0.05, 0.1) is 0 Å². The van der Waals surface area contributed by atoms with Crippen molar-refractivity contribution in [3.8, 4) is 0 Å². The molecule has 0 fully saturated rings. The summed E-state index contributed by atoms with van der Waals surface area (Å²) < 4.78 is 30.8. The fourth-order valence-electron chi connectivity index (χ4n) is 0.926. The minimum atomic E-state index is -4.31. The van der Waals surface area contributed by atoms with Gasteiger partial charge in [0.1, 0.15) is 0 Å². The van der Waals surface area contributed by atoms with Crippen molar-refractivity contribution < 1.29 is 17.8 Å². The Morgan fingerprint density at radius 1 is 1.47 bits per heavy atom. The van der Waals surface area contributed by atoms with Crippen molar-refractivity contribution in [3.63, 3.8) is 0 Å². The second kappa shape index (κ2) is 5.83. The Labute approximate surface area is 106 Å². The summed E-state index contributed by atoms with van der Waals surface area (Å²) in [6, 6.07) is 0. The number of hydrogen-bond acceptors (Lipinski definition) is 3. The topological polar surface area (TPSA) is 83.5 Å². The first-order chi connectivity index (χ1) is 6.09. The largest absolute Gasteiger partial charge is 0.334 e. The molecule has 0 aliphatic carbocycles. The highest BCUT2D eigenvalue weighted by Gasteiger charge is 2.35. The van der Waals surface area contributed by atoms with Crippen LogP contribution in [-0.4, -0.2) is 47.3 Å². The standard InChI is InChI=1S/C8H15NO4S.Mg.2H/c1-5-6(10)9-7(8(2,3)4)14(11,12)13;;;/h5,7H,1H2,2-4H3,(H,9,10)(H,11,12,13);;;. The Morgan fingerprint density at radius 3 is 2.07 bits per heavy atom. The van der Waals surface area contributed by atoms with E-state index in [-0.39, 0.29) is 23.1 Å². The molecule has 15 heavy (non-hydrogen) atoms. The average Bonchev–Trinajstić information content (AvgIpc) is 1.95. The molecule has 0 aromatic rings. The van der Waals surface area contributed by atoms with Gasteiger partial charge in [-0.3, -0.25) is 9.35 Å². The maximum absolute atomic E-state index is 10.9. The Morgan fingerprint density at radius 2 is 1.87 bits per heavy atom. The third kappa shape index (κ3) is 6.13. The van der Waals surface area contributed by atoms with Gasteiger partial charge in [0, 0.05) is 0 Å². The molecular weight excluding hydrogens is 230 g/mol. The molecule has 1 amide bonds. The van der Waals surface area contributed by atoms with E-state index in [1.807, 2.05) is 0 Å². The third-order valence-corrected chi connectivity index (χ3v) is 2.96. The summed E-state index contributed by atoms with van der Waals surface area (Å²) in [7, 11) is -4.31. The number of hydrogen-bond donors (Lipinski definition) is 2. The fraction of sp³-hybridized carbons (Fsp3) is 0.625. The first-order valence-electron chi connectivity index (χ1n) is 3.98. The molecular formula is C8H17MgNO4S. The Bertz CT molecular complexity index is 331. The van der Waals surface area contributed by atoms with Gasteiger partial charge < -0.3 is 5.32 Å². The van der Waals surface area contributed by atoms with Crippen molar-refractivity contribution in [2.45, 2.75) is 26.1 Å². The molecule has 86 valence electrons. The fourth-order valence-corrected chi connectivity index (χ4v) is 2.08. The summed E-state index contributed by atoms with van der Waals surface area (Å²) in [5, 5.41) is 0.819. The lowest BCUT2D eigenvalue weighted by Gasteiger charge is -2.28. The molecule has 0 bridgehead atoms. The Balaban J connectivity index is 0. The van der Waals surface area contributed by atoms with Crippen LogP contribution in [0.1, 0.15) is 20.8 Å². The highest BCUT2D eigenvalue weighted by atomic mass is 32.2. The van der Waals surface area contributed by atoms with E-state index in [1.54, 1.807) is 20.8 Å². The SMILES string of the molecule is C=CC(=O)NC(C(C)(C)C)S(=O)(=O)O.[MgH2]. The molecule has 1 atom stereocenters. The lowest BCUT2D eigenvalue weighted by atomic mass is 9.96. The minimum Gasteiger partial charge on any atom is -0.334 e. The molecule has 0 heterocycles. The van der Waals surface area contributed by atoms with E-state index >= 15 is 0 Å². The van der Waals surface area contributed by atoms with Crippen LogP contribution in [0.25, 0.3) is 0 Å². The van der Waals surface area contributed by atoms with Crippen LogP contribution in [0.5, 0.6) is 0 Å². The molecule has 0 aromatic carbocycles. The van der Waals surface area contributed by atoms with E-state index in [2.05, 4.69) is 11.9 Å². The first kappa shape index (κ1) is 17.3. The lowest BCUT2D eigenvalue weighted by Crippen LogP contribution is -2.48. The monoisotopic (exact) mass is 247 g/mol. The van der Waals surface area contributed by atoms with E-state index in [4.69, 9.17) is 4.55 Å². The van der Waals surface area contributed by atoms with Crippen LogP contribution in [-0.2, 0) is 14.9 Å². The van der Waals surface area contributed by atoms with Crippen molar-refractivity contribution in [2.24, 2.45) is 5.41 Å². The van der Waals surface area contributed by atoms with E-state index in [0.717, 1.165) is 6.08 Å². The lowest BCUT2D eigenvalue weighted by molar-refractivity contribution is -0.117. The zero-order chi connectivity index (χ0) is 11.6. The molecule has 0 radical (unpaired) electrons. The van der Waals surface area contributed by atoms with Crippen molar-refractivity contribution in [1.29, 1.82) is 0 Å². The van der Waals surface area contributed by atoms with Crippen LogP contribution in [0.15, 0.2) is 12.7 Å². The Kier molecular flexibility index (Phi) is 6.72. The van der Waals surface area contributed by atoms with Gasteiger partial charge in [-0.2, -0.15) is 8.42 Å². The quantitative estimate of drug-likeness (QED) is 0.405. The number of nitrogens with one attached hydrogen (secondary N) is 1. The number of amides is 1. The molecule has 0 aliphatic rings. The van der Waals surface area contributed by atoms with E-state index < -0.39 is 26.8 Å². The van der Waals surface area contributed by atoms with Crippen molar-refractivity contribution >= 4 is 39.1 Å². The summed E-state index contributed by atoms with van der Waals surface area (Å²) in [5.74, 6) is -0.637. The number of carbonyl (C=O) groups excluding carboxylic acids is 1. The van der Waals surface area contributed by atoms with E-state index in [1.165, 1.54) is 0 Å². The van der Waals surface area contributed by atoms with Gasteiger partial charge in [0.2, 0.25) is 5.91 Å². The van der Waals surface area contributed by atoms with E-state index in [9.17, 15) is 13.2 Å². The maximum atomic E-state index is 10.9. The van der Waals surface area contributed by atoms with Crippen molar-refractivity contribution in [2.75, 3.05) is 0 Å². The molecule has 0 rings (SSSR count). The van der Waals surface area contributed by atoms with E-state index in [0.29, 0.717) is 0 Å². The van der Waals surface area contributed by atoms with Gasteiger partial charge >= 0.3 is 23.1 Å². The predicted molar refractivity (Wildman–Crippen MR) is 61.7 cm³/mol. The van der Waals surface area contributed by atoms with Gasteiger partial charge in [-0.25, -0.2) is 0 Å². The summed E-state index contributed by atoms with van der Waals surface area (Å²) in [5.41, 5.74) is -0.785. The summed E-state index contributed by atoms with van der Waals surface area (Å²) in [6.07, 6.45) is 0.948. The van der Waals surface area contributed by atoms with Gasteiger partial charge in [-0.1, -0.05) is 27.4 Å². The number of rotatable bonds is 3. The molecule has 0 aliphatic heterocycles. The van der Waals surface area contributed by atoms with Crippen molar-refractivity contribution in [3.05, 3.63) is 12.7 Å². The number of carbonyl (C=O) groups is 1. The van der Waals surface area contributed by atoms with Crippen LogP contribution in [0.2, 0.25) is 0 Å². The molecule has 0 saturated heterocycles. The van der Waals surface area contributed by atoms with Gasteiger partial charge in [0.25, 0.3) is 10.1 Å². The zero-order valence-corrected chi connectivity index (χ0v) is 9.26. The summed E-state index contributed by atoms with van der Waals surface area (Å²) in [4.78, 5) is 10.9. The summed E-state index contributed by atoms with van der Waals surface area (Å²) >= 11 is 0. The van der Waals surface area contributed by atoms with Crippen LogP contribution >= 0.6 is 0 Å². The Hall–Kier alpha value is -0.114. The molecule has 0 aromatic heterocycles. The van der Waals surface area contributed by atoms with Crippen LogP contribution < -0.4 is 5.32 Å². The van der Waals surface area contributed by atoms with Crippen LogP contribution in [0.3, 0.4) is 0 Å². The summed E-state index contributed by atoms with van der Waals surface area (Å²) in [6.45, 7) is 7.97. The smallest absolute Gasteiger partial charge is 0.316 e. The van der Waals surface area contributed by atoms with Gasteiger partial charge in [0.15, 0.2) is 5.37 Å².